The molecule has 0 aliphatic carbocycles. The van der Waals surface area contributed by atoms with Crippen LogP contribution in [-0.4, -0.2) is 28.7 Å². The van der Waals surface area contributed by atoms with Crippen molar-refractivity contribution in [2.45, 2.75) is 32.5 Å². The second kappa shape index (κ2) is 5.76. The smallest absolute Gasteiger partial charge is 0.153 e. The molecule has 0 aromatic carbocycles. The van der Waals surface area contributed by atoms with Crippen LogP contribution in [0.25, 0.3) is 0 Å². The van der Waals surface area contributed by atoms with Gasteiger partial charge in [-0.25, -0.2) is 4.58 Å². The summed E-state index contributed by atoms with van der Waals surface area (Å²) in [6.45, 7) is 11.0. The lowest BCUT2D eigenvalue weighted by Gasteiger charge is -2.06. The van der Waals surface area contributed by atoms with Crippen LogP contribution in [0.15, 0.2) is 0 Å². The zero-order valence-electron chi connectivity index (χ0n) is 7.97. The molecule has 0 aromatic rings. The Morgan fingerprint density at radius 3 is 2.00 bits per heavy atom. The third-order valence-corrected chi connectivity index (χ3v) is 3.10. The predicted octanol–water partition coefficient (Wildman–Crippen LogP) is 2.53. The monoisotopic (exact) mass is 220 g/mol. The maximum absolute atomic E-state index is 3.63. The van der Waals surface area contributed by atoms with E-state index in [4.69, 9.17) is 0 Å². The number of rotatable bonds is 4. The highest BCUT2D eigenvalue weighted by atomic mass is 79.9. The van der Waals surface area contributed by atoms with Crippen LogP contribution in [0, 0.1) is 5.92 Å². The van der Waals surface area contributed by atoms with Crippen LogP contribution in [0.4, 0.5) is 0 Å². The third kappa shape index (κ3) is 4.57. The highest BCUT2D eigenvalue weighted by Crippen LogP contribution is 2.08. The van der Waals surface area contributed by atoms with Gasteiger partial charge in [0.05, 0.1) is 4.83 Å². The minimum absolute atomic E-state index is 0.516. The van der Waals surface area contributed by atoms with Crippen molar-refractivity contribution < 1.29 is 4.58 Å². The van der Waals surface area contributed by atoms with E-state index < -0.39 is 0 Å². The minimum Gasteiger partial charge on any atom is -0.239 e. The van der Waals surface area contributed by atoms with Crippen molar-refractivity contribution in [1.82, 2.24) is 0 Å². The standard InChI is InChI=1S/C9H19BrN/c1-5-11(6-2)7-9(10)8(3)4/h7-9H,5-6H2,1-4H3/q+1. The van der Waals surface area contributed by atoms with E-state index in [1.54, 1.807) is 0 Å². The predicted molar refractivity (Wildman–Crippen MR) is 55.0 cm³/mol. The Kier molecular flexibility index (Phi) is 5.83. The van der Waals surface area contributed by atoms with E-state index >= 15 is 0 Å². The summed E-state index contributed by atoms with van der Waals surface area (Å²) in [6, 6.07) is 0. The lowest BCUT2D eigenvalue weighted by Crippen LogP contribution is -2.20. The average molecular weight is 221 g/mol. The first-order chi connectivity index (χ1) is 5.11. The molecule has 66 valence electrons. The van der Waals surface area contributed by atoms with E-state index in [0.717, 1.165) is 13.1 Å². The Bertz CT molecular complexity index is 124. The Morgan fingerprint density at radius 1 is 1.27 bits per heavy atom. The molecule has 0 aliphatic rings. The number of alkyl halides is 1. The van der Waals surface area contributed by atoms with Crippen molar-refractivity contribution in [2.75, 3.05) is 13.1 Å². The summed E-state index contributed by atoms with van der Waals surface area (Å²) in [7, 11) is 0. The van der Waals surface area contributed by atoms with Crippen LogP contribution < -0.4 is 0 Å². The molecule has 0 amide bonds. The first kappa shape index (κ1) is 11.2. The summed E-state index contributed by atoms with van der Waals surface area (Å²) in [4.78, 5) is 0.516. The third-order valence-electron chi connectivity index (χ3n) is 1.80. The molecule has 0 bridgehead atoms. The first-order valence-corrected chi connectivity index (χ1v) is 5.26. The van der Waals surface area contributed by atoms with Gasteiger partial charge in [-0.2, -0.15) is 0 Å². The quantitative estimate of drug-likeness (QED) is 0.390. The zero-order chi connectivity index (χ0) is 8.85. The highest BCUT2D eigenvalue weighted by Gasteiger charge is 2.10. The van der Waals surface area contributed by atoms with Gasteiger partial charge in [0.2, 0.25) is 0 Å². The van der Waals surface area contributed by atoms with Crippen LogP contribution >= 0.6 is 15.9 Å². The molecule has 1 nitrogen and oxygen atoms in total. The molecule has 0 radical (unpaired) electrons. The van der Waals surface area contributed by atoms with Gasteiger partial charge in [0.25, 0.3) is 0 Å². The van der Waals surface area contributed by atoms with Gasteiger partial charge in [0.15, 0.2) is 6.21 Å². The molecule has 2 heteroatoms. The maximum Gasteiger partial charge on any atom is 0.153 e. The summed E-state index contributed by atoms with van der Waals surface area (Å²) in [5, 5.41) is 0. The maximum atomic E-state index is 3.63. The van der Waals surface area contributed by atoms with Crippen molar-refractivity contribution in [3.05, 3.63) is 0 Å². The van der Waals surface area contributed by atoms with E-state index in [-0.39, 0.29) is 0 Å². The molecular weight excluding hydrogens is 202 g/mol. The number of hydrogen-bond donors (Lipinski definition) is 0. The van der Waals surface area contributed by atoms with Gasteiger partial charge in [-0.05, 0) is 19.8 Å². The van der Waals surface area contributed by atoms with Crippen molar-refractivity contribution in [3.8, 4) is 0 Å². The van der Waals surface area contributed by atoms with Crippen molar-refractivity contribution in [1.29, 1.82) is 0 Å². The SMILES string of the molecule is CC[N+](=CC(Br)C(C)C)CC. The normalized spacial score (nSPS) is 13.3. The number of halogens is 1. The summed E-state index contributed by atoms with van der Waals surface area (Å²) in [5.41, 5.74) is 0. The molecular formula is C9H19BrN+. The number of hydrogen-bond acceptors (Lipinski definition) is 0. The molecule has 0 aromatic heterocycles. The van der Waals surface area contributed by atoms with Crippen LogP contribution in [0.5, 0.6) is 0 Å². The van der Waals surface area contributed by atoms with E-state index in [9.17, 15) is 0 Å². The molecule has 0 spiro atoms. The van der Waals surface area contributed by atoms with Crippen LogP contribution in [0.3, 0.4) is 0 Å². The molecule has 0 heterocycles. The van der Waals surface area contributed by atoms with E-state index in [1.807, 2.05) is 0 Å². The van der Waals surface area contributed by atoms with Crippen molar-refractivity contribution in [2.24, 2.45) is 5.92 Å². The molecule has 1 unspecified atom stereocenters. The summed E-state index contributed by atoms with van der Waals surface area (Å²) in [6.07, 6.45) is 2.27. The lowest BCUT2D eigenvalue weighted by molar-refractivity contribution is -0.517. The first-order valence-electron chi connectivity index (χ1n) is 4.34. The molecule has 0 rings (SSSR count). The molecule has 0 saturated heterocycles. The topological polar surface area (TPSA) is 3.01 Å². The molecule has 11 heavy (non-hydrogen) atoms. The Hall–Kier alpha value is 0.150. The lowest BCUT2D eigenvalue weighted by atomic mass is 10.1. The summed E-state index contributed by atoms with van der Waals surface area (Å²) >= 11 is 3.63. The highest BCUT2D eigenvalue weighted by molar-refractivity contribution is 9.09. The minimum atomic E-state index is 0.516. The molecule has 1 atom stereocenters. The molecule has 0 N–H and O–H groups in total. The van der Waals surface area contributed by atoms with E-state index in [1.165, 1.54) is 0 Å². The van der Waals surface area contributed by atoms with Gasteiger partial charge in [0.1, 0.15) is 13.1 Å². The van der Waals surface area contributed by atoms with Gasteiger partial charge in [-0.3, -0.25) is 0 Å². The fourth-order valence-electron chi connectivity index (χ4n) is 0.808. The molecule has 0 aliphatic heterocycles. The van der Waals surface area contributed by atoms with Gasteiger partial charge in [-0.15, -0.1) is 0 Å². The van der Waals surface area contributed by atoms with E-state index in [2.05, 4.69) is 54.4 Å². The van der Waals surface area contributed by atoms with Crippen molar-refractivity contribution in [3.63, 3.8) is 0 Å². The van der Waals surface area contributed by atoms with Crippen LogP contribution in [0.1, 0.15) is 27.7 Å². The van der Waals surface area contributed by atoms with Crippen LogP contribution in [0.2, 0.25) is 0 Å². The molecule has 0 fully saturated rings. The second-order valence-corrected chi connectivity index (χ2v) is 4.12. The average Bonchev–Trinajstić information content (AvgIpc) is 1.99. The Morgan fingerprint density at radius 2 is 1.73 bits per heavy atom. The van der Waals surface area contributed by atoms with Crippen LogP contribution in [-0.2, 0) is 0 Å². The number of nitrogens with zero attached hydrogens (tertiary/aromatic N) is 1. The van der Waals surface area contributed by atoms with Gasteiger partial charge in [-0.1, -0.05) is 29.8 Å². The Balaban J connectivity index is 4.03. The van der Waals surface area contributed by atoms with Gasteiger partial charge in [0, 0.05) is 0 Å². The fraction of sp³-hybridized carbons (Fsp3) is 0.889. The Labute approximate surface area is 78.6 Å². The van der Waals surface area contributed by atoms with E-state index in [0.29, 0.717) is 10.7 Å². The zero-order valence-corrected chi connectivity index (χ0v) is 9.56. The largest absolute Gasteiger partial charge is 0.239 e. The van der Waals surface area contributed by atoms with Crippen molar-refractivity contribution >= 4 is 22.1 Å². The summed E-state index contributed by atoms with van der Waals surface area (Å²) < 4.78 is 2.32. The second-order valence-electron chi connectivity index (χ2n) is 3.06. The summed E-state index contributed by atoms with van der Waals surface area (Å²) in [5.74, 6) is 0.676. The molecule has 0 saturated carbocycles. The fourth-order valence-corrected chi connectivity index (χ4v) is 1.14. The van der Waals surface area contributed by atoms with Gasteiger partial charge >= 0.3 is 0 Å². The van der Waals surface area contributed by atoms with Gasteiger partial charge < -0.3 is 0 Å².